The lowest BCUT2D eigenvalue weighted by molar-refractivity contribution is -0.144. The smallest absolute Gasteiger partial charge is 0.327 e. The SMILES string of the molecule is NC(Cc1c[nH]c2ccccc12)C(=O)NC(CS)C(=O)N1CCCC1C(=O)NC(CS)C(=O)O. The van der Waals surface area contributed by atoms with Crippen LogP contribution in [0.5, 0.6) is 0 Å². The molecule has 1 aliphatic heterocycles. The Kier molecular flexibility index (Phi) is 8.86. The van der Waals surface area contributed by atoms with Crippen LogP contribution in [-0.4, -0.2) is 80.9 Å². The monoisotopic (exact) mass is 507 g/mol. The normalized spacial score (nSPS) is 18.3. The van der Waals surface area contributed by atoms with Crippen molar-refractivity contribution >= 4 is 59.9 Å². The molecule has 184 valence electrons. The Bertz CT molecular complexity index is 1060. The van der Waals surface area contributed by atoms with E-state index in [0.29, 0.717) is 19.4 Å². The number of hydrogen-bond donors (Lipinski definition) is 7. The highest BCUT2D eigenvalue weighted by Gasteiger charge is 2.38. The molecule has 10 nitrogen and oxygen atoms in total. The van der Waals surface area contributed by atoms with Crippen molar-refractivity contribution in [3.8, 4) is 0 Å². The Labute approximate surface area is 207 Å². The third kappa shape index (κ3) is 5.86. The Morgan fingerprint density at radius 3 is 2.53 bits per heavy atom. The number of para-hydroxylation sites is 1. The second-order valence-corrected chi connectivity index (χ2v) is 8.92. The minimum absolute atomic E-state index is 0.0175. The number of benzene rings is 1. The number of likely N-dealkylation sites (tertiary alicyclic amines) is 1. The number of carbonyl (C=O) groups is 4. The zero-order valence-electron chi connectivity index (χ0n) is 18.4. The number of aliphatic carboxylic acids is 1. The van der Waals surface area contributed by atoms with E-state index >= 15 is 0 Å². The molecule has 12 heteroatoms. The number of rotatable bonds is 10. The van der Waals surface area contributed by atoms with Gasteiger partial charge in [-0.05, 0) is 30.9 Å². The number of amides is 3. The number of nitrogens with two attached hydrogens (primary N) is 1. The highest BCUT2D eigenvalue weighted by atomic mass is 32.1. The van der Waals surface area contributed by atoms with Crippen LogP contribution in [0.4, 0.5) is 0 Å². The predicted octanol–water partition coefficient (Wildman–Crippen LogP) is -0.0575. The van der Waals surface area contributed by atoms with E-state index in [1.54, 1.807) is 0 Å². The molecule has 0 radical (unpaired) electrons. The summed E-state index contributed by atoms with van der Waals surface area (Å²) >= 11 is 8.15. The Hall–Kier alpha value is -2.70. The van der Waals surface area contributed by atoms with E-state index in [1.807, 2.05) is 30.5 Å². The number of carbonyl (C=O) groups excluding carboxylic acids is 3. The summed E-state index contributed by atoms with van der Waals surface area (Å²) in [6, 6.07) is 3.83. The van der Waals surface area contributed by atoms with Crippen LogP contribution >= 0.6 is 25.3 Å². The highest BCUT2D eigenvalue weighted by molar-refractivity contribution is 7.80. The summed E-state index contributed by atoms with van der Waals surface area (Å²) in [6.45, 7) is 0.317. The van der Waals surface area contributed by atoms with Crippen LogP contribution in [0.1, 0.15) is 18.4 Å². The molecular formula is C22H29N5O5S2. The molecule has 0 saturated carbocycles. The van der Waals surface area contributed by atoms with Gasteiger partial charge in [0.05, 0.1) is 6.04 Å². The summed E-state index contributed by atoms with van der Waals surface area (Å²) in [7, 11) is 0. The number of nitrogens with zero attached hydrogens (tertiary/aromatic N) is 1. The van der Waals surface area contributed by atoms with Gasteiger partial charge < -0.3 is 31.4 Å². The summed E-state index contributed by atoms with van der Waals surface area (Å²) in [6.07, 6.45) is 3.06. The maximum Gasteiger partial charge on any atom is 0.327 e. The van der Waals surface area contributed by atoms with Gasteiger partial charge in [0, 0.05) is 35.2 Å². The lowest BCUT2D eigenvalue weighted by atomic mass is 10.0. The molecule has 0 bridgehead atoms. The van der Waals surface area contributed by atoms with E-state index in [-0.39, 0.29) is 17.9 Å². The van der Waals surface area contributed by atoms with E-state index in [4.69, 9.17) is 10.8 Å². The average Bonchev–Trinajstić information content (AvgIpc) is 3.47. The average molecular weight is 508 g/mol. The first-order valence-corrected chi connectivity index (χ1v) is 12.2. The Balaban J connectivity index is 1.63. The van der Waals surface area contributed by atoms with Gasteiger partial charge in [0.1, 0.15) is 18.1 Å². The number of H-pyrrole nitrogens is 1. The van der Waals surface area contributed by atoms with E-state index in [2.05, 4.69) is 40.9 Å². The summed E-state index contributed by atoms with van der Waals surface area (Å²) in [4.78, 5) is 54.2. The third-order valence-electron chi connectivity index (χ3n) is 5.88. The fourth-order valence-electron chi connectivity index (χ4n) is 4.05. The fraction of sp³-hybridized carbons (Fsp3) is 0.455. The van der Waals surface area contributed by atoms with Crippen LogP contribution in [0, 0.1) is 0 Å². The fourth-order valence-corrected chi connectivity index (χ4v) is 4.55. The lowest BCUT2D eigenvalue weighted by Gasteiger charge is -2.29. The van der Waals surface area contributed by atoms with Crippen molar-refractivity contribution in [3.63, 3.8) is 0 Å². The maximum absolute atomic E-state index is 13.1. The molecule has 3 amide bonds. The first kappa shape index (κ1) is 25.9. The van der Waals surface area contributed by atoms with Crippen molar-refractivity contribution in [1.29, 1.82) is 0 Å². The van der Waals surface area contributed by atoms with Crippen molar-refractivity contribution in [2.24, 2.45) is 5.73 Å². The molecule has 3 rings (SSSR count). The number of carboxylic acids is 1. The zero-order chi connectivity index (χ0) is 24.8. The van der Waals surface area contributed by atoms with Crippen molar-refractivity contribution < 1.29 is 24.3 Å². The van der Waals surface area contributed by atoms with Crippen LogP contribution in [0.25, 0.3) is 10.9 Å². The van der Waals surface area contributed by atoms with Gasteiger partial charge in [-0.3, -0.25) is 14.4 Å². The van der Waals surface area contributed by atoms with Crippen LogP contribution in [0.3, 0.4) is 0 Å². The molecule has 2 aromatic rings. The molecule has 4 unspecified atom stereocenters. The Morgan fingerprint density at radius 2 is 1.85 bits per heavy atom. The van der Waals surface area contributed by atoms with Crippen molar-refractivity contribution in [2.45, 2.75) is 43.4 Å². The van der Waals surface area contributed by atoms with E-state index in [9.17, 15) is 19.2 Å². The summed E-state index contributed by atoms with van der Waals surface area (Å²) in [5, 5.41) is 15.2. The van der Waals surface area contributed by atoms with Gasteiger partial charge in [0.25, 0.3) is 0 Å². The number of nitrogens with one attached hydrogen (secondary N) is 3. The van der Waals surface area contributed by atoms with Crippen molar-refractivity contribution in [2.75, 3.05) is 18.1 Å². The minimum atomic E-state index is -1.20. The van der Waals surface area contributed by atoms with Gasteiger partial charge in [-0.1, -0.05) is 18.2 Å². The van der Waals surface area contributed by atoms with Gasteiger partial charge >= 0.3 is 5.97 Å². The van der Waals surface area contributed by atoms with Crippen molar-refractivity contribution in [3.05, 3.63) is 36.0 Å². The van der Waals surface area contributed by atoms with Crippen LogP contribution in [-0.2, 0) is 25.6 Å². The molecule has 1 aromatic carbocycles. The second kappa shape index (κ2) is 11.6. The van der Waals surface area contributed by atoms with Crippen LogP contribution in [0.15, 0.2) is 30.5 Å². The first-order chi connectivity index (χ1) is 16.3. The molecular weight excluding hydrogens is 478 g/mol. The van der Waals surface area contributed by atoms with E-state index in [1.165, 1.54) is 4.90 Å². The topological polar surface area (TPSA) is 158 Å². The molecule has 1 aliphatic rings. The second-order valence-electron chi connectivity index (χ2n) is 8.19. The number of aromatic nitrogens is 1. The molecule has 1 aromatic heterocycles. The predicted molar refractivity (Wildman–Crippen MR) is 134 cm³/mol. The quantitative estimate of drug-likeness (QED) is 0.223. The van der Waals surface area contributed by atoms with Gasteiger partial charge in [-0.2, -0.15) is 25.3 Å². The number of fused-ring (bicyclic) bond motifs is 1. The number of thiol groups is 2. The van der Waals surface area contributed by atoms with Crippen LogP contribution in [0.2, 0.25) is 0 Å². The summed E-state index contributed by atoms with van der Waals surface area (Å²) in [5.74, 6) is -2.79. The van der Waals surface area contributed by atoms with Gasteiger partial charge in [0.2, 0.25) is 17.7 Å². The number of hydrogen-bond acceptors (Lipinski definition) is 7. The molecule has 1 saturated heterocycles. The molecule has 0 spiro atoms. The van der Waals surface area contributed by atoms with Gasteiger partial charge in [0.15, 0.2) is 0 Å². The lowest BCUT2D eigenvalue weighted by Crippen LogP contribution is -2.57. The first-order valence-electron chi connectivity index (χ1n) is 10.9. The summed E-state index contributed by atoms with van der Waals surface area (Å²) < 4.78 is 0. The standard InChI is InChI=1S/C22H29N5O5S2/c23-14(8-12-9-24-15-5-2-1-4-13(12)15)19(28)25-16(10-33)21(30)27-7-3-6-18(27)20(29)26-17(11-34)22(31)32/h1-2,4-5,9,14,16-18,24,33-34H,3,6-8,10-11,23H2,(H,25,28)(H,26,29)(H,31,32). The highest BCUT2D eigenvalue weighted by Crippen LogP contribution is 2.20. The summed E-state index contributed by atoms with van der Waals surface area (Å²) in [5.41, 5.74) is 7.96. The molecule has 6 N–H and O–H groups in total. The Morgan fingerprint density at radius 1 is 1.15 bits per heavy atom. The molecule has 2 heterocycles. The largest absolute Gasteiger partial charge is 0.480 e. The maximum atomic E-state index is 13.1. The van der Waals surface area contributed by atoms with Gasteiger partial charge in [-0.15, -0.1) is 0 Å². The molecule has 4 atom stereocenters. The number of aromatic amines is 1. The molecule has 1 fully saturated rings. The number of carboxylic acid groups (broad SMARTS) is 1. The zero-order valence-corrected chi connectivity index (χ0v) is 20.2. The van der Waals surface area contributed by atoms with Gasteiger partial charge in [-0.25, -0.2) is 4.79 Å². The molecule has 0 aliphatic carbocycles. The van der Waals surface area contributed by atoms with E-state index in [0.717, 1.165) is 16.5 Å². The van der Waals surface area contributed by atoms with Crippen molar-refractivity contribution in [1.82, 2.24) is 20.5 Å². The van der Waals surface area contributed by atoms with Crippen LogP contribution < -0.4 is 16.4 Å². The minimum Gasteiger partial charge on any atom is -0.480 e. The van der Waals surface area contributed by atoms with E-state index < -0.39 is 47.9 Å². The molecule has 34 heavy (non-hydrogen) atoms. The third-order valence-corrected chi connectivity index (χ3v) is 6.61.